The van der Waals surface area contributed by atoms with E-state index in [4.69, 9.17) is 16.3 Å². The van der Waals surface area contributed by atoms with Gasteiger partial charge >= 0.3 is 6.03 Å². The molecule has 10 heteroatoms. The van der Waals surface area contributed by atoms with Gasteiger partial charge in [0.05, 0.1) is 29.6 Å². The van der Waals surface area contributed by atoms with Crippen LogP contribution >= 0.6 is 11.6 Å². The second-order valence-electron chi connectivity index (χ2n) is 5.19. The molecule has 2 aliphatic heterocycles. The van der Waals surface area contributed by atoms with Crippen LogP contribution in [0.5, 0.6) is 5.75 Å². The number of nitrogens with zero attached hydrogens (tertiary/aromatic N) is 2. The average Bonchev–Trinajstić information content (AvgIpc) is 2.77. The van der Waals surface area contributed by atoms with E-state index in [1.807, 2.05) is 0 Å². The Morgan fingerprint density at radius 1 is 1.30 bits per heavy atom. The predicted molar refractivity (Wildman–Crippen MR) is 80.8 cm³/mol. The standard InChI is InChI=1S/C13H14ClN3O5S/c1-22-11-3-2-9(4-10(11)14)23(20,21)16-6-8(7-16)17-12(18)5-15-13(17)19/h2-4,8H,5-7H2,1H3,(H,15,19). The third-order valence-electron chi connectivity index (χ3n) is 3.83. The maximum Gasteiger partial charge on any atom is 0.324 e. The highest BCUT2D eigenvalue weighted by molar-refractivity contribution is 7.89. The molecule has 2 fully saturated rings. The molecule has 0 radical (unpaired) electrons. The van der Waals surface area contributed by atoms with E-state index in [2.05, 4.69) is 5.32 Å². The van der Waals surface area contributed by atoms with Crippen LogP contribution in [-0.4, -0.2) is 62.3 Å². The van der Waals surface area contributed by atoms with Crippen molar-refractivity contribution in [2.45, 2.75) is 10.9 Å². The molecule has 2 aliphatic rings. The molecule has 0 saturated carbocycles. The zero-order valence-electron chi connectivity index (χ0n) is 12.2. The third kappa shape index (κ3) is 2.64. The summed E-state index contributed by atoms with van der Waals surface area (Å²) < 4.78 is 31.2. The predicted octanol–water partition coefficient (Wildman–Crippen LogP) is 0.273. The Labute approximate surface area is 138 Å². The molecule has 0 unspecified atom stereocenters. The number of hydrogen-bond donors (Lipinski definition) is 1. The molecule has 124 valence electrons. The summed E-state index contributed by atoms with van der Waals surface area (Å²) >= 11 is 5.96. The second kappa shape index (κ2) is 5.66. The smallest absolute Gasteiger partial charge is 0.324 e. The fourth-order valence-corrected chi connectivity index (χ4v) is 4.40. The first-order valence-electron chi connectivity index (χ1n) is 6.78. The first-order chi connectivity index (χ1) is 10.8. The summed E-state index contributed by atoms with van der Waals surface area (Å²) in [5.41, 5.74) is 0. The lowest BCUT2D eigenvalue weighted by Gasteiger charge is -2.41. The van der Waals surface area contributed by atoms with Crippen LogP contribution in [-0.2, 0) is 14.8 Å². The molecular weight excluding hydrogens is 346 g/mol. The number of urea groups is 1. The normalized spacial score (nSPS) is 19.7. The number of halogens is 1. The fourth-order valence-electron chi connectivity index (χ4n) is 2.54. The number of imide groups is 1. The molecule has 3 amide bonds. The van der Waals surface area contributed by atoms with Gasteiger partial charge < -0.3 is 10.1 Å². The van der Waals surface area contributed by atoms with Crippen LogP contribution in [0, 0.1) is 0 Å². The number of hydrogen-bond acceptors (Lipinski definition) is 5. The molecule has 1 aromatic rings. The Bertz CT molecular complexity index is 760. The quantitative estimate of drug-likeness (QED) is 0.779. The first kappa shape index (κ1) is 16.0. The molecule has 2 saturated heterocycles. The highest BCUT2D eigenvalue weighted by atomic mass is 35.5. The Kier molecular flexibility index (Phi) is 3.95. The Morgan fingerprint density at radius 2 is 2.00 bits per heavy atom. The molecule has 1 aromatic carbocycles. The van der Waals surface area contributed by atoms with E-state index in [1.165, 1.54) is 29.6 Å². The summed E-state index contributed by atoms with van der Waals surface area (Å²) in [5.74, 6) is 0.0379. The summed E-state index contributed by atoms with van der Waals surface area (Å²) in [6.07, 6.45) is 0. The number of carbonyl (C=O) groups excluding carboxylic acids is 2. The van der Waals surface area contributed by atoms with Crippen LogP contribution < -0.4 is 10.1 Å². The molecule has 0 bridgehead atoms. The van der Waals surface area contributed by atoms with Gasteiger partial charge in [0.15, 0.2) is 0 Å². The van der Waals surface area contributed by atoms with E-state index < -0.39 is 22.1 Å². The van der Waals surface area contributed by atoms with Crippen molar-refractivity contribution in [2.24, 2.45) is 0 Å². The molecule has 0 aromatic heterocycles. The van der Waals surface area contributed by atoms with E-state index in [1.54, 1.807) is 0 Å². The third-order valence-corrected chi connectivity index (χ3v) is 5.96. The molecule has 1 N–H and O–H groups in total. The van der Waals surface area contributed by atoms with Crippen molar-refractivity contribution in [3.63, 3.8) is 0 Å². The summed E-state index contributed by atoms with van der Waals surface area (Å²) in [4.78, 5) is 24.3. The van der Waals surface area contributed by atoms with Crippen molar-refractivity contribution < 1.29 is 22.7 Å². The van der Waals surface area contributed by atoms with Gasteiger partial charge in [-0.1, -0.05) is 11.6 Å². The van der Waals surface area contributed by atoms with Gasteiger partial charge in [-0.3, -0.25) is 9.69 Å². The van der Waals surface area contributed by atoms with Crippen molar-refractivity contribution in [3.05, 3.63) is 23.2 Å². The van der Waals surface area contributed by atoms with Crippen LogP contribution in [0.3, 0.4) is 0 Å². The minimum Gasteiger partial charge on any atom is -0.495 e. The van der Waals surface area contributed by atoms with Gasteiger partial charge in [-0.15, -0.1) is 0 Å². The number of ether oxygens (including phenoxy) is 1. The van der Waals surface area contributed by atoms with Gasteiger partial charge in [0, 0.05) is 13.1 Å². The van der Waals surface area contributed by atoms with Gasteiger partial charge in [-0.25, -0.2) is 13.2 Å². The zero-order valence-corrected chi connectivity index (χ0v) is 13.7. The van der Waals surface area contributed by atoms with Crippen molar-refractivity contribution in [3.8, 4) is 5.75 Å². The molecule has 0 atom stereocenters. The van der Waals surface area contributed by atoms with Gasteiger partial charge in [0.25, 0.3) is 0 Å². The molecule has 2 heterocycles. The lowest BCUT2D eigenvalue weighted by Crippen LogP contribution is -2.62. The van der Waals surface area contributed by atoms with Crippen LogP contribution in [0.1, 0.15) is 0 Å². The Hall–Kier alpha value is -1.84. The van der Waals surface area contributed by atoms with E-state index in [0.717, 1.165) is 4.90 Å². The maximum atomic E-state index is 12.5. The maximum absolute atomic E-state index is 12.5. The molecule has 0 aliphatic carbocycles. The van der Waals surface area contributed by atoms with Gasteiger partial charge in [-0.05, 0) is 18.2 Å². The van der Waals surface area contributed by atoms with Crippen LogP contribution in [0.15, 0.2) is 23.1 Å². The summed E-state index contributed by atoms with van der Waals surface area (Å²) in [7, 11) is -2.29. The van der Waals surface area contributed by atoms with Crippen molar-refractivity contribution in [1.82, 2.24) is 14.5 Å². The lowest BCUT2D eigenvalue weighted by atomic mass is 10.1. The molecular formula is C13H14ClN3O5S. The van der Waals surface area contributed by atoms with E-state index >= 15 is 0 Å². The number of methoxy groups -OCH3 is 1. The fraction of sp³-hybridized carbons (Fsp3) is 0.385. The SMILES string of the molecule is COc1ccc(S(=O)(=O)N2CC(N3C(=O)CNC3=O)C2)cc1Cl. The second-order valence-corrected chi connectivity index (χ2v) is 7.54. The highest BCUT2D eigenvalue weighted by Crippen LogP contribution is 2.30. The summed E-state index contributed by atoms with van der Waals surface area (Å²) in [6, 6.07) is 3.28. The molecule has 8 nitrogen and oxygen atoms in total. The summed E-state index contributed by atoms with van der Waals surface area (Å²) in [6.45, 7) is 0.104. The number of rotatable bonds is 4. The molecule has 23 heavy (non-hydrogen) atoms. The molecule has 0 spiro atoms. The van der Waals surface area contributed by atoms with Crippen LogP contribution in [0.25, 0.3) is 0 Å². The Morgan fingerprint density at radius 3 is 2.52 bits per heavy atom. The number of sulfonamides is 1. The van der Waals surface area contributed by atoms with Gasteiger partial charge in [0.2, 0.25) is 15.9 Å². The molecule has 3 rings (SSSR count). The van der Waals surface area contributed by atoms with Crippen LogP contribution in [0.4, 0.5) is 4.79 Å². The van der Waals surface area contributed by atoms with E-state index in [-0.39, 0.29) is 35.5 Å². The lowest BCUT2D eigenvalue weighted by molar-refractivity contribution is -0.128. The first-order valence-corrected chi connectivity index (χ1v) is 8.60. The monoisotopic (exact) mass is 359 g/mol. The number of amides is 3. The average molecular weight is 360 g/mol. The highest BCUT2D eigenvalue weighted by Gasteiger charge is 2.45. The van der Waals surface area contributed by atoms with Crippen molar-refractivity contribution in [2.75, 3.05) is 26.7 Å². The van der Waals surface area contributed by atoms with Crippen molar-refractivity contribution in [1.29, 1.82) is 0 Å². The topological polar surface area (TPSA) is 96.0 Å². The van der Waals surface area contributed by atoms with E-state index in [0.29, 0.717) is 5.75 Å². The van der Waals surface area contributed by atoms with Gasteiger partial charge in [0.1, 0.15) is 5.75 Å². The number of carbonyl (C=O) groups is 2. The number of nitrogens with one attached hydrogen (secondary N) is 1. The summed E-state index contributed by atoms with van der Waals surface area (Å²) in [5, 5.41) is 2.61. The van der Waals surface area contributed by atoms with E-state index in [9.17, 15) is 18.0 Å². The van der Waals surface area contributed by atoms with Crippen molar-refractivity contribution >= 4 is 33.6 Å². The Balaban J connectivity index is 1.74. The van der Waals surface area contributed by atoms with Gasteiger partial charge in [-0.2, -0.15) is 4.31 Å². The minimum atomic E-state index is -3.72. The zero-order chi connectivity index (χ0) is 16.8. The largest absolute Gasteiger partial charge is 0.495 e. The number of benzene rings is 1. The minimum absolute atomic E-state index is 0.0407. The van der Waals surface area contributed by atoms with Crippen LogP contribution in [0.2, 0.25) is 5.02 Å².